The zero-order chi connectivity index (χ0) is 17.5. The van der Waals surface area contributed by atoms with Crippen molar-refractivity contribution < 1.29 is 9.90 Å². The number of benzene rings is 1. The van der Waals surface area contributed by atoms with Crippen LogP contribution in [0.5, 0.6) is 0 Å². The van der Waals surface area contributed by atoms with Crippen LogP contribution >= 0.6 is 0 Å². The summed E-state index contributed by atoms with van der Waals surface area (Å²) in [5.74, 6) is 0. The molecule has 24 heavy (non-hydrogen) atoms. The van der Waals surface area contributed by atoms with Crippen LogP contribution < -0.4 is 5.32 Å². The zero-order valence-corrected chi connectivity index (χ0v) is 14.4. The average molecular weight is 330 g/mol. The maximum Gasteiger partial charge on any atom is 0.404 e. The summed E-state index contributed by atoms with van der Waals surface area (Å²) in [6.45, 7) is 6.23. The van der Waals surface area contributed by atoms with E-state index in [-0.39, 0.29) is 6.04 Å². The van der Waals surface area contributed by atoms with E-state index < -0.39 is 6.09 Å². The van der Waals surface area contributed by atoms with Crippen LogP contribution in [-0.4, -0.2) is 66.3 Å². The summed E-state index contributed by atoms with van der Waals surface area (Å²) < 4.78 is 0. The molecule has 1 unspecified atom stereocenters. The number of hydrogen-bond acceptors (Lipinski definition) is 4. The van der Waals surface area contributed by atoms with Crippen molar-refractivity contribution in [3.05, 3.63) is 35.4 Å². The van der Waals surface area contributed by atoms with Crippen molar-refractivity contribution in [3.63, 3.8) is 0 Å². The molecule has 0 saturated carbocycles. The predicted octanol–water partition coefficient (Wildman–Crippen LogP) is 1.76. The van der Waals surface area contributed by atoms with Gasteiger partial charge in [0.2, 0.25) is 0 Å². The normalized spacial score (nSPS) is 20.3. The van der Waals surface area contributed by atoms with Gasteiger partial charge in [-0.25, -0.2) is 4.79 Å². The lowest BCUT2D eigenvalue weighted by molar-refractivity contribution is 0.0958. The average Bonchev–Trinajstić information content (AvgIpc) is 2.54. The molecule has 6 heteroatoms. The number of amides is 1. The molecule has 1 aliphatic heterocycles. The Balaban J connectivity index is 1.92. The molecule has 0 aliphatic carbocycles. The summed E-state index contributed by atoms with van der Waals surface area (Å²) in [5.41, 5.74) is 1.66. The van der Waals surface area contributed by atoms with Gasteiger partial charge in [0.25, 0.3) is 0 Å². The molecule has 0 radical (unpaired) electrons. The molecule has 130 valence electrons. The number of hydrogen-bond donors (Lipinski definition) is 2. The largest absolute Gasteiger partial charge is 0.465 e. The van der Waals surface area contributed by atoms with E-state index in [2.05, 4.69) is 35.2 Å². The SMILES string of the molecule is C[C@H]1CN(C)CCN1CCC(Cc1ccc(C#N)cc1)NC(=O)O. The van der Waals surface area contributed by atoms with E-state index in [1.165, 1.54) is 0 Å². The maximum absolute atomic E-state index is 11.1. The summed E-state index contributed by atoms with van der Waals surface area (Å²) in [6.07, 6.45) is 0.431. The van der Waals surface area contributed by atoms with Gasteiger partial charge in [-0.1, -0.05) is 12.1 Å². The number of carbonyl (C=O) groups is 1. The molecule has 2 atom stereocenters. The molecular weight excluding hydrogens is 304 g/mol. The van der Waals surface area contributed by atoms with Crippen LogP contribution in [0, 0.1) is 11.3 Å². The second kappa shape index (κ2) is 8.67. The molecule has 1 aliphatic rings. The van der Waals surface area contributed by atoms with E-state index in [1.807, 2.05) is 12.1 Å². The summed E-state index contributed by atoms with van der Waals surface area (Å²) in [6, 6.07) is 9.80. The fourth-order valence-electron chi connectivity index (χ4n) is 3.23. The van der Waals surface area contributed by atoms with Crippen LogP contribution in [0.1, 0.15) is 24.5 Å². The van der Waals surface area contributed by atoms with Crippen LogP contribution in [0.4, 0.5) is 4.79 Å². The Hall–Kier alpha value is -2.10. The second-order valence-corrected chi connectivity index (χ2v) is 6.60. The van der Waals surface area contributed by atoms with Crippen LogP contribution in [0.2, 0.25) is 0 Å². The second-order valence-electron chi connectivity index (χ2n) is 6.60. The molecule has 1 fully saturated rings. The van der Waals surface area contributed by atoms with Crippen molar-refractivity contribution >= 4 is 6.09 Å². The van der Waals surface area contributed by atoms with Crippen molar-refractivity contribution in [1.82, 2.24) is 15.1 Å². The van der Waals surface area contributed by atoms with Gasteiger partial charge in [0.15, 0.2) is 0 Å². The first-order chi connectivity index (χ1) is 11.5. The number of likely N-dealkylation sites (N-methyl/N-ethyl adjacent to an activating group) is 1. The van der Waals surface area contributed by atoms with Crippen molar-refractivity contribution in [1.29, 1.82) is 5.26 Å². The lowest BCUT2D eigenvalue weighted by Crippen LogP contribution is -2.51. The molecule has 0 spiro atoms. The van der Waals surface area contributed by atoms with E-state index in [0.29, 0.717) is 18.0 Å². The number of piperazine rings is 1. The minimum absolute atomic E-state index is 0.123. The molecule has 1 aromatic rings. The first-order valence-electron chi connectivity index (χ1n) is 8.39. The number of nitrogens with zero attached hydrogens (tertiary/aromatic N) is 3. The summed E-state index contributed by atoms with van der Waals surface area (Å²) in [4.78, 5) is 15.8. The molecule has 1 aromatic carbocycles. The van der Waals surface area contributed by atoms with Gasteiger partial charge < -0.3 is 15.3 Å². The van der Waals surface area contributed by atoms with Crippen molar-refractivity contribution in [3.8, 4) is 6.07 Å². The minimum atomic E-state index is -0.986. The van der Waals surface area contributed by atoms with E-state index in [1.54, 1.807) is 12.1 Å². The molecular formula is C18H26N4O2. The van der Waals surface area contributed by atoms with Gasteiger partial charge in [-0.3, -0.25) is 4.90 Å². The fraction of sp³-hybridized carbons (Fsp3) is 0.556. The first-order valence-corrected chi connectivity index (χ1v) is 8.39. The van der Waals surface area contributed by atoms with Crippen LogP contribution in [0.3, 0.4) is 0 Å². The Kier molecular flexibility index (Phi) is 6.59. The molecule has 0 aromatic heterocycles. The zero-order valence-electron chi connectivity index (χ0n) is 14.4. The highest BCUT2D eigenvalue weighted by Crippen LogP contribution is 2.12. The van der Waals surface area contributed by atoms with E-state index >= 15 is 0 Å². The third-order valence-corrected chi connectivity index (χ3v) is 4.63. The molecule has 0 bridgehead atoms. The van der Waals surface area contributed by atoms with Gasteiger partial charge >= 0.3 is 6.09 Å². The highest BCUT2D eigenvalue weighted by molar-refractivity contribution is 5.64. The number of nitrogens with one attached hydrogen (secondary N) is 1. The Bertz CT molecular complexity index is 582. The predicted molar refractivity (Wildman–Crippen MR) is 93.0 cm³/mol. The highest BCUT2D eigenvalue weighted by Gasteiger charge is 2.22. The van der Waals surface area contributed by atoms with Crippen LogP contribution in [0.25, 0.3) is 0 Å². The lowest BCUT2D eigenvalue weighted by atomic mass is 10.0. The summed E-state index contributed by atoms with van der Waals surface area (Å²) in [5, 5.41) is 20.6. The van der Waals surface area contributed by atoms with Gasteiger partial charge in [-0.2, -0.15) is 5.26 Å². The number of carboxylic acid groups (broad SMARTS) is 1. The Morgan fingerprint density at radius 1 is 1.42 bits per heavy atom. The first kappa shape index (κ1) is 18.2. The van der Waals surface area contributed by atoms with E-state index in [4.69, 9.17) is 10.4 Å². The van der Waals surface area contributed by atoms with Crippen LogP contribution in [0.15, 0.2) is 24.3 Å². The Morgan fingerprint density at radius 3 is 2.71 bits per heavy atom. The van der Waals surface area contributed by atoms with E-state index in [9.17, 15) is 4.79 Å². The van der Waals surface area contributed by atoms with Gasteiger partial charge in [-0.05, 0) is 44.5 Å². The highest BCUT2D eigenvalue weighted by atomic mass is 16.4. The van der Waals surface area contributed by atoms with Crippen molar-refractivity contribution in [2.45, 2.75) is 31.8 Å². The van der Waals surface area contributed by atoms with Gasteiger partial charge in [0.1, 0.15) is 0 Å². The molecule has 2 rings (SSSR count). The van der Waals surface area contributed by atoms with Crippen molar-refractivity contribution in [2.75, 3.05) is 33.2 Å². The third-order valence-electron chi connectivity index (χ3n) is 4.63. The minimum Gasteiger partial charge on any atom is -0.465 e. The topological polar surface area (TPSA) is 79.6 Å². The maximum atomic E-state index is 11.1. The standard InChI is InChI=1S/C18H26N4O2/c1-14-13-21(2)9-10-22(14)8-7-17(20-18(23)24)11-15-3-5-16(12-19)6-4-15/h3-6,14,17,20H,7-11,13H2,1-2H3,(H,23,24)/t14-,17?/m0/s1. The fourth-order valence-corrected chi connectivity index (χ4v) is 3.23. The van der Waals surface area contributed by atoms with Gasteiger partial charge in [0.05, 0.1) is 11.6 Å². The van der Waals surface area contributed by atoms with Gasteiger partial charge in [-0.15, -0.1) is 0 Å². The summed E-state index contributed by atoms with van der Waals surface area (Å²) >= 11 is 0. The lowest BCUT2D eigenvalue weighted by Gasteiger charge is -2.38. The molecule has 1 heterocycles. The van der Waals surface area contributed by atoms with Gasteiger partial charge in [0, 0.05) is 38.3 Å². The smallest absolute Gasteiger partial charge is 0.404 e. The molecule has 1 amide bonds. The number of rotatable bonds is 6. The third kappa shape index (κ3) is 5.52. The van der Waals surface area contributed by atoms with E-state index in [0.717, 1.165) is 38.2 Å². The molecule has 2 N–H and O–H groups in total. The Labute approximate surface area is 143 Å². The molecule has 1 saturated heterocycles. The quantitative estimate of drug-likeness (QED) is 0.831. The van der Waals surface area contributed by atoms with Crippen molar-refractivity contribution in [2.24, 2.45) is 0 Å². The van der Waals surface area contributed by atoms with Crippen LogP contribution in [-0.2, 0) is 6.42 Å². The Morgan fingerprint density at radius 2 is 2.12 bits per heavy atom. The number of nitriles is 1. The molecule has 6 nitrogen and oxygen atoms in total. The summed E-state index contributed by atoms with van der Waals surface area (Å²) in [7, 11) is 2.13. The monoisotopic (exact) mass is 330 g/mol.